The molecule has 0 aliphatic heterocycles. The fourth-order valence-corrected chi connectivity index (χ4v) is 4.99. The second kappa shape index (κ2) is 10.7. The first-order valence-electron chi connectivity index (χ1n) is 11.8. The maximum Gasteiger partial charge on any atom is 0.324 e. The standard InChI is InChI=1S/C31H26N2O2S/c1-22-18-20-27(21-19-22)36-29-23(2)32-33(26-16-10-5-11-17-26)30(29)35-31(34)28(24-12-6-3-7-13-24)25-14-8-4-9-15-25/h3-21,28H,1-2H3. The third kappa shape index (κ3) is 5.11. The molecule has 0 radical (unpaired) electrons. The number of hydrogen-bond acceptors (Lipinski definition) is 4. The first-order chi connectivity index (χ1) is 17.6. The maximum absolute atomic E-state index is 13.9. The van der Waals surface area contributed by atoms with E-state index in [2.05, 4.69) is 31.2 Å². The molecule has 0 saturated carbocycles. The smallest absolute Gasteiger partial charge is 0.324 e. The van der Waals surface area contributed by atoms with Crippen LogP contribution in [0.2, 0.25) is 0 Å². The van der Waals surface area contributed by atoms with Crippen molar-refractivity contribution in [3.63, 3.8) is 0 Å². The van der Waals surface area contributed by atoms with Crippen LogP contribution in [-0.4, -0.2) is 15.7 Å². The van der Waals surface area contributed by atoms with Crippen molar-refractivity contribution in [1.29, 1.82) is 0 Å². The molecular weight excluding hydrogens is 464 g/mol. The predicted octanol–water partition coefficient (Wildman–Crippen LogP) is 7.38. The molecular formula is C31H26N2O2S. The van der Waals surface area contributed by atoms with Crippen LogP contribution in [0.25, 0.3) is 5.69 Å². The molecule has 178 valence electrons. The summed E-state index contributed by atoms with van der Waals surface area (Å²) in [6, 6.07) is 37.5. The van der Waals surface area contributed by atoms with Gasteiger partial charge in [0.2, 0.25) is 5.88 Å². The summed E-state index contributed by atoms with van der Waals surface area (Å²) in [6.45, 7) is 4.01. The molecule has 1 heterocycles. The van der Waals surface area contributed by atoms with Crippen LogP contribution >= 0.6 is 11.8 Å². The van der Waals surface area contributed by atoms with E-state index in [0.29, 0.717) is 5.88 Å². The van der Waals surface area contributed by atoms with Gasteiger partial charge in [-0.15, -0.1) is 0 Å². The predicted molar refractivity (Wildman–Crippen MR) is 144 cm³/mol. The van der Waals surface area contributed by atoms with Crippen LogP contribution in [0.5, 0.6) is 5.88 Å². The Morgan fingerprint density at radius 1 is 0.750 bits per heavy atom. The molecule has 0 atom stereocenters. The molecule has 36 heavy (non-hydrogen) atoms. The van der Waals surface area contributed by atoms with Crippen molar-refractivity contribution in [3.8, 4) is 11.6 Å². The van der Waals surface area contributed by atoms with Gasteiger partial charge in [-0.1, -0.05) is 108 Å². The second-order valence-corrected chi connectivity index (χ2v) is 9.64. The summed E-state index contributed by atoms with van der Waals surface area (Å²) in [6.07, 6.45) is 0. The lowest BCUT2D eigenvalue weighted by atomic mass is 9.91. The van der Waals surface area contributed by atoms with Gasteiger partial charge in [0.1, 0.15) is 5.92 Å². The van der Waals surface area contributed by atoms with Crippen molar-refractivity contribution in [1.82, 2.24) is 9.78 Å². The fourth-order valence-electron chi connectivity index (χ4n) is 4.08. The molecule has 0 aliphatic rings. The van der Waals surface area contributed by atoms with Gasteiger partial charge in [0.05, 0.1) is 16.3 Å². The van der Waals surface area contributed by atoms with E-state index in [1.54, 1.807) is 16.4 Å². The van der Waals surface area contributed by atoms with Gasteiger partial charge in [-0.3, -0.25) is 4.79 Å². The lowest BCUT2D eigenvalue weighted by Gasteiger charge is -2.18. The number of rotatable bonds is 7. The molecule has 1 aromatic heterocycles. The Morgan fingerprint density at radius 2 is 1.28 bits per heavy atom. The highest BCUT2D eigenvalue weighted by Gasteiger charge is 2.29. The zero-order valence-electron chi connectivity index (χ0n) is 20.2. The second-order valence-electron chi connectivity index (χ2n) is 8.56. The van der Waals surface area contributed by atoms with Gasteiger partial charge in [-0.05, 0) is 49.2 Å². The number of benzene rings is 4. The highest BCUT2D eigenvalue weighted by molar-refractivity contribution is 7.99. The van der Waals surface area contributed by atoms with Crippen molar-refractivity contribution >= 4 is 17.7 Å². The topological polar surface area (TPSA) is 44.1 Å². The van der Waals surface area contributed by atoms with E-state index in [0.717, 1.165) is 32.3 Å². The van der Waals surface area contributed by atoms with Gasteiger partial charge in [0.15, 0.2) is 0 Å². The zero-order valence-corrected chi connectivity index (χ0v) is 21.0. The molecule has 0 fully saturated rings. The van der Waals surface area contributed by atoms with Crippen LogP contribution in [0, 0.1) is 13.8 Å². The third-order valence-corrected chi connectivity index (χ3v) is 7.09. The molecule has 4 nitrogen and oxygen atoms in total. The highest BCUT2D eigenvalue weighted by Crippen LogP contribution is 2.40. The molecule has 0 N–H and O–H groups in total. The molecule has 4 aromatic carbocycles. The zero-order chi connectivity index (χ0) is 24.9. The van der Waals surface area contributed by atoms with Gasteiger partial charge in [-0.25, -0.2) is 0 Å². The van der Waals surface area contributed by atoms with E-state index in [-0.39, 0.29) is 5.97 Å². The fraction of sp³-hybridized carbons (Fsp3) is 0.0968. The van der Waals surface area contributed by atoms with Gasteiger partial charge in [0, 0.05) is 4.90 Å². The number of aromatic nitrogens is 2. The van der Waals surface area contributed by atoms with Crippen LogP contribution in [0.15, 0.2) is 125 Å². The SMILES string of the molecule is Cc1ccc(Sc2c(C)nn(-c3ccccc3)c2OC(=O)C(c2ccccc2)c2ccccc2)cc1. The monoisotopic (exact) mass is 490 g/mol. The number of para-hydroxylation sites is 1. The molecule has 0 spiro atoms. The Labute approximate surface area is 215 Å². The molecule has 5 rings (SSSR count). The third-order valence-electron chi connectivity index (χ3n) is 5.91. The van der Waals surface area contributed by atoms with E-state index < -0.39 is 5.92 Å². The minimum absolute atomic E-state index is 0.352. The Balaban J connectivity index is 1.58. The Hall–Kier alpha value is -4.09. The summed E-state index contributed by atoms with van der Waals surface area (Å²) in [7, 11) is 0. The summed E-state index contributed by atoms with van der Waals surface area (Å²) >= 11 is 1.55. The van der Waals surface area contributed by atoms with E-state index in [4.69, 9.17) is 9.84 Å². The van der Waals surface area contributed by atoms with E-state index in [1.165, 1.54) is 5.56 Å². The normalized spacial score (nSPS) is 11.0. The minimum Gasteiger partial charge on any atom is -0.405 e. The molecule has 5 aromatic rings. The average molecular weight is 491 g/mol. The van der Waals surface area contributed by atoms with Crippen LogP contribution in [-0.2, 0) is 4.79 Å². The summed E-state index contributed by atoms with van der Waals surface area (Å²) in [5.41, 5.74) is 4.57. The Morgan fingerprint density at radius 3 is 1.83 bits per heavy atom. The quantitative estimate of drug-likeness (QED) is 0.223. The van der Waals surface area contributed by atoms with Crippen LogP contribution in [0.4, 0.5) is 0 Å². The summed E-state index contributed by atoms with van der Waals surface area (Å²) < 4.78 is 7.98. The molecule has 0 aliphatic carbocycles. The van der Waals surface area contributed by atoms with Crippen molar-refractivity contribution in [3.05, 3.63) is 138 Å². The van der Waals surface area contributed by atoms with Crippen LogP contribution in [0.3, 0.4) is 0 Å². The molecule has 5 heteroatoms. The van der Waals surface area contributed by atoms with E-state index in [9.17, 15) is 4.79 Å². The maximum atomic E-state index is 13.9. The lowest BCUT2D eigenvalue weighted by Crippen LogP contribution is -2.21. The largest absolute Gasteiger partial charge is 0.405 e. The van der Waals surface area contributed by atoms with Crippen LogP contribution < -0.4 is 4.74 Å². The number of nitrogens with zero attached hydrogens (tertiary/aromatic N) is 2. The van der Waals surface area contributed by atoms with Crippen molar-refractivity contribution in [2.75, 3.05) is 0 Å². The number of carbonyl (C=O) groups excluding carboxylic acids is 1. The molecule has 0 amide bonds. The van der Waals surface area contributed by atoms with Crippen molar-refractivity contribution < 1.29 is 9.53 Å². The van der Waals surface area contributed by atoms with Gasteiger partial charge in [-0.2, -0.15) is 9.78 Å². The lowest BCUT2D eigenvalue weighted by molar-refractivity contribution is -0.135. The van der Waals surface area contributed by atoms with Crippen molar-refractivity contribution in [2.24, 2.45) is 0 Å². The van der Waals surface area contributed by atoms with Gasteiger partial charge < -0.3 is 4.74 Å². The Bertz CT molecular complexity index is 1410. The Kier molecular flexibility index (Phi) is 7.01. The van der Waals surface area contributed by atoms with Gasteiger partial charge in [0.25, 0.3) is 0 Å². The summed E-state index contributed by atoms with van der Waals surface area (Å²) in [4.78, 5) is 15.8. The molecule has 0 saturated heterocycles. The van der Waals surface area contributed by atoms with E-state index in [1.807, 2.05) is 97.9 Å². The first-order valence-corrected chi connectivity index (χ1v) is 12.6. The minimum atomic E-state index is -0.566. The number of ether oxygens (including phenoxy) is 1. The van der Waals surface area contributed by atoms with Gasteiger partial charge >= 0.3 is 5.97 Å². The highest BCUT2D eigenvalue weighted by atomic mass is 32.2. The molecule has 0 unspecified atom stereocenters. The molecule has 0 bridgehead atoms. The van der Waals surface area contributed by atoms with Crippen molar-refractivity contribution in [2.45, 2.75) is 29.6 Å². The summed E-state index contributed by atoms with van der Waals surface area (Å²) in [5.74, 6) is -0.495. The number of carbonyl (C=O) groups is 1. The number of aryl methyl sites for hydroxylation is 2. The average Bonchev–Trinajstić information content (AvgIpc) is 3.22. The van der Waals surface area contributed by atoms with E-state index >= 15 is 0 Å². The van der Waals surface area contributed by atoms with Crippen LogP contribution in [0.1, 0.15) is 28.3 Å². The summed E-state index contributed by atoms with van der Waals surface area (Å²) in [5, 5.41) is 4.77. The number of esters is 1. The first kappa shape index (κ1) is 23.6. The number of hydrogen-bond donors (Lipinski definition) is 0.